The predicted molar refractivity (Wildman–Crippen MR) is 157 cm³/mol. The Hall–Kier alpha value is -4.63. The fourth-order valence-corrected chi connectivity index (χ4v) is 5.91. The second-order valence-electron chi connectivity index (χ2n) is 10.8. The summed E-state index contributed by atoms with van der Waals surface area (Å²) >= 11 is 0. The first-order valence-electron chi connectivity index (χ1n) is 14.0. The van der Waals surface area contributed by atoms with E-state index in [1.54, 1.807) is 36.4 Å². The molecule has 1 N–H and O–H groups in total. The van der Waals surface area contributed by atoms with Gasteiger partial charge in [-0.1, -0.05) is 67.6 Å². The monoisotopic (exact) mass is 559 g/mol. The van der Waals surface area contributed by atoms with Crippen LogP contribution in [0.3, 0.4) is 0 Å². The van der Waals surface area contributed by atoms with E-state index >= 15 is 0 Å². The first kappa shape index (κ1) is 26.3. The quantitative estimate of drug-likeness (QED) is 0.264. The lowest BCUT2D eigenvalue weighted by atomic mass is 9.90. The van der Waals surface area contributed by atoms with Gasteiger partial charge in [-0.2, -0.15) is 0 Å². The lowest BCUT2D eigenvalue weighted by Crippen LogP contribution is -2.39. The number of aliphatic hydroxyl groups is 1. The summed E-state index contributed by atoms with van der Waals surface area (Å²) in [6.07, 6.45) is 0.531. The number of aliphatic hydroxyl groups excluding tert-OH is 1. The van der Waals surface area contributed by atoms with E-state index in [0.29, 0.717) is 28.9 Å². The third-order valence-corrected chi connectivity index (χ3v) is 8.22. The van der Waals surface area contributed by atoms with Crippen molar-refractivity contribution in [3.63, 3.8) is 0 Å². The first-order valence-corrected chi connectivity index (χ1v) is 14.0. The maximum atomic E-state index is 13.2. The van der Waals surface area contributed by atoms with Gasteiger partial charge in [0.15, 0.2) is 6.29 Å². The van der Waals surface area contributed by atoms with Crippen molar-refractivity contribution in [2.45, 2.75) is 38.6 Å². The second kappa shape index (κ2) is 10.6. The minimum Gasteiger partial charge on any atom is -0.392 e. The van der Waals surface area contributed by atoms with Crippen molar-refractivity contribution in [1.29, 1.82) is 0 Å². The van der Waals surface area contributed by atoms with E-state index in [-0.39, 0.29) is 36.5 Å². The molecule has 0 aliphatic carbocycles. The van der Waals surface area contributed by atoms with Crippen LogP contribution in [-0.2, 0) is 22.6 Å². The fraction of sp³-hybridized carbons (Fsp3) is 0.206. The van der Waals surface area contributed by atoms with E-state index in [0.717, 1.165) is 22.2 Å². The van der Waals surface area contributed by atoms with Crippen LogP contribution in [-0.4, -0.2) is 32.6 Å². The standard InChI is InChI=1S/C34H29N3O5/c1-21-30(18-36-20-35-28-11-4-5-12-29(28)36)41-34(42-31(21)23-15-13-22(19-38)14-16-23)24-7-6-8-25(17-24)37-32(39)26-9-2-3-10-27(26)33(37)40/h2-17,20-21,30-31,34,38H,18-19H2,1H3/t21-,30+,31+,34+/m0/s1. The van der Waals surface area contributed by atoms with Crippen molar-refractivity contribution in [2.24, 2.45) is 5.92 Å². The molecular formula is C34H29N3O5. The Labute approximate surface area is 242 Å². The van der Waals surface area contributed by atoms with Crippen LogP contribution in [0.15, 0.2) is 103 Å². The second-order valence-corrected chi connectivity index (χ2v) is 10.8. The minimum atomic E-state index is -0.751. The molecule has 42 heavy (non-hydrogen) atoms. The van der Waals surface area contributed by atoms with Gasteiger partial charge in [-0.05, 0) is 47.5 Å². The summed E-state index contributed by atoms with van der Waals surface area (Å²) in [7, 11) is 0. The Morgan fingerprint density at radius 1 is 0.810 bits per heavy atom. The van der Waals surface area contributed by atoms with Crippen molar-refractivity contribution < 1.29 is 24.2 Å². The van der Waals surface area contributed by atoms with Crippen molar-refractivity contribution in [1.82, 2.24) is 9.55 Å². The third kappa shape index (κ3) is 4.50. The highest BCUT2D eigenvalue weighted by atomic mass is 16.7. The Balaban J connectivity index is 1.23. The van der Waals surface area contributed by atoms with Gasteiger partial charge in [-0.15, -0.1) is 0 Å². The zero-order chi connectivity index (χ0) is 28.8. The Morgan fingerprint density at radius 3 is 2.26 bits per heavy atom. The molecule has 1 fully saturated rings. The Kier molecular flexibility index (Phi) is 6.66. The molecule has 2 amide bonds. The molecule has 0 bridgehead atoms. The number of aromatic nitrogens is 2. The van der Waals surface area contributed by atoms with Crippen molar-refractivity contribution in [3.05, 3.63) is 131 Å². The Bertz CT molecular complexity index is 1760. The van der Waals surface area contributed by atoms with Crippen molar-refractivity contribution in [3.8, 4) is 0 Å². The van der Waals surface area contributed by atoms with Gasteiger partial charge in [0.2, 0.25) is 0 Å². The van der Waals surface area contributed by atoms with E-state index in [4.69, 9.17) is 9.47 Å². The summed E-state index contributed by atoms with van der Waals surface area (Å²) in [5.41, 5.74) is 5.69. The first-order chi connectivity index (χ1) is 20.5. The molecular weight excluding hydrogens is 530 g/mol. The van der Waals surface area contributed by atoms with Crippen LogP contribution in [0.4, 0.5) is 5.69 Å². The fourth-order valence-electron chi connectivity index (χ4n) is 5.91. The maximum absolute atomic E-state index is 13.2. The van der Waals surface area contributed by atoms with E-state index in [1.807, 2.05) is 67.0 Å². The molecule has 5 aromatic rings. The van der Waals surface area contributed by atoms with E-state index in [9.17, 15) is 14.7 Å². The number of nitrogens with zero attached hydrogens (tertiary/aromatic N) is 3. The number of rotatable bonds is 6. The molecule has 8 nitrogen and oxygen atoms in total. The summed E-state index contributed by atoms with van der Waals surface area (Å²) in [4.78, 5) is 32.1. The summed E-state index contributed by atoms with van der Waals surface area (Å²) < 4.78 is 15.4. The number of imide groups is 1. The maximum Gasteiger partial charge on any atom is 0.266 e. The number of hydrogen-bond acceptors (Lipinski definition) is 6. The third-order valence-electron chi connectivity index (χ3n) is 8.22. The average Bonchev–Trinajstić information content (AvgIpc) is 3.56. The summed E-state index contributed by atoms with van der Waals surface area (Å²) in [5, 5.41) is 9.55. The van der Waals surface area contributed by atoms with Crippen LogP contribution in [0.5, 0.6) is 0 Å². The van der Waals surface area contributed by atoms with E-state index < -0.39 is 6.29 Å². The molecule has 1 saturated heterocycles. The molecule has 2 aliphatic rings. The van der Waals surface area contributed by atoms with Crippen LogP contribution in [0, 0.1) is 5.92 Å². The molecule has 210 valence electrons. The molecule has 0 unspecified atom stereocenters. The number of anilines is 1. The average molecular weight is 560 g/mol. The molecule has 0 saturated carbocycles. The number of amides is 2. The lowest BCUT2D eigenvalue weighted by Gasteiger charge is -2.41. The molecule has 8 heteroatoms. The van der Waals surface area contributed by atoms with Gasteiger partial charge in [0.1, 0.15) is 0 Å². The highest BCUT2D eigenvalue weighted by Gasteiger charge is 2.40. The van der Waals surface area contributed by atoms with Gasteiger partial charge < -0.3 is 19.1 Å². The molecule has 0 radical (unpaired) electrons. The van der Waals surface area contributed by atoms with Gasteiger partial charge >= 0.3 is 0 Å². The number of ether oxygens (including phenoxy) is 2. The van der Waals surface area contributed by atoms with Gasteiger partial charge in [0.05, 0.1) is 59.5 Å². The normalized spacial score (nSPS) is 22.1. The molecule has 4 aromatic carbocycles. The molecule has 7 rings (SSSR count). The number of benzene rings is 4. The molecule has 3 heterocycles. The number of fused-ring (bicyclic) bond motifs is 2. The number of para-hydroxylation sites is 2. The van der Waals surface area contributed by atoms with Crippen LogP contribution in [0.1, 0.15) is 56.7 Å². The van der Waals surface area contributed by atoms with E-state index in [1.165, 1.54) is 4.90 Å². The zero-order valence-corrected chi connectivity index (χ0v) is 23.0. The van der Waals surface area contributed by atoms with Crippen LogP contribution >= 0.6 is 0 Å². The number of imidazole rings is 1. The van der Waals surface area contributed by atoms with Crippen LogP contribution in [0.2, 0.25) is 0 Å². The lowest BCUT2D eigenvalue weighted by molar-refractivity contribution is -0.276. The summed E-state index contributed by atoms with van der Waals surface area (Å²) in [6.45, 7) is 2.64. The molecule has 1 aromatic heterocycles. The van der Waals surface area contributed by atoms with Gasteiger partial charge in [-0.3, -0.25) is 9.59 Å². The largest absolute Gasteiger partial charge is 0.392 e. The molecule has 2 aliphatic heterocycles. The number of hydrogen-bond donors (Lipinski definition) is 1. The number of carbonyl (C=O) groups is 2. The zero-order valence-electron chi connectivity index (χ0n) is 23.0. The smallest absolute Gasteiger partial charge is 0.266 e. The highest BCUT2D eigenvalue weighted by Crippen LogP contribution is 2.43. The van der Waals surface area contributed by atoms with Crippen LogP contribution < -0.4 is 4.90 Å². The predicted octanol–water partition coefficient (Wildman–Crippen LogP) is 5.82. The molecule has 0 spiro atoms. The van der Waals surface area contributed by atoms with Crippen molar-refractivity contribution >= 4 is 28.5 Å². The van der Waals surface area contributed by atoms with Crippen molar-refractivity contribution in [2.75, 3.05) is 4.90 Å². The SMILES string of the molecule is C[C@H]1[C@@H](Cn2cnc3ccccc32)O[C@@H](c2cccc(N3C(=O)c4ccccc4C3=O)c2)O[C@H]1c1ccc(CO)cc1. The molecule has 4 atom stereocenters. The van der Waals surface area contributed by atoms with Gasteiger partial charge in [-0.25, -0.2) is 9.88 Å². The Morgan fingerprint density at radius 2 is 1.52 bits per heavy atom. The number of carbonyl (C=O) groups excluding carboxylic acids is 2. The van der Waals surface area contributed by atoms with Gasteiger partial charge in [0.25, 0.3) is 11.8 Å². The highest BCUT2D eigenvalue weighted by molar-refractivity contribution is 6.34. The van der Waals surface area contributed by atoms with Crippen LogP contribution in [0.25, 0.3) is 11.0 Å². The minimum absolute atomic E-state index is 0.0261. The van der Waals surface area contributed by atoms with Gasteiger partial charge in [0, 0.05) is 11.5 Å². The van der Waals surface area contributed by atoms with E-state index in [2.05, 4.69) is 16.5 Å². The summed E-state index contributed by atoms with van der Waals surface area (Å²) in [5.74, 6) is -0.723. The summed E-state index contributed by atoms with van der Waals surface area (Å²) in [6, 6.07) is 29.8. The topological polar surface area (TPSA) is 93.9 Å².